The Bertz CT molecular complexity index is 1050. The van der Waals surface area contributed by atoms with Crippen molar-refractivity contribution in [2.75, 3.05) is 13.2 Å². The monoisotopic (exact) mass is 461 g/mol. The van der Waals surface area contributed by atoms with E-state index in [4.69, 9.17) is 0 Å². The van der Waals surface area contributed by atoms with Gasteiger partial charge in [0.15, 0.2) is 6.61 Å². The molecule has 0 fully saturated rings. The standard InChI is InChI=1S/C22H15F8NO/c1-12-16(23)9-15(13-5-3-2-4-6-13)21(31(12)10-19(26)27)20-17(24)7-14(8-18(20)25)32-11-22(28,29)30/h2-9,19H,1,10-11H2. The Kier molecular flexibility index (Phi) is 6.61. The zero-order valence-corrected chi connectivity index (χ0v) is 16.2. The first-order valence-electron chi connectivity index (χ1n) is 9.08. The molecule has 1 heterocycles. The third-order valence-corrected chi connectivity index (χ3v) is 4.46. The number of halogens is 8. The number of rotatable bonds is 6. The maximum Gasteiger partial charge on any atom is 0.422 e. The van der Waals surface area contributed by atoms with Crippen molar-refractivity contribution in [1.82, 2.24) is 4.90 Å². The number of alkyl halides is 5. The van der Waals surface area contributed by atoms with Gasteiger partial charge in [-0.05, 0) is 11.6 Å². The van der Waals surface area contributed by atoms with Crippen molar-refractivity contribution >= 4 is 11.3 Å². The maximum atomic E-state index is 14.9. The molecule has 0 radical (unpaired) electrons. The summed E-state index contributed by atoms with van der Waals surface area (Å²) < 4.78 is 112. The highest BCUT2D eigenvalue weighted by Crippen LogP contribution is 2.42. The molecule has 0 aromatic heterocycles. The quantitative estimate of drug-likeness (QED) is 0.443. The van der Waals surface area contributed by atoms with Crippen molar-refractivity contribution in [2.24, 2.45) is 0 Å². The second-order valence-corrected chi connectivity index (χ2v) is 6.73. The predicted molar refractivity (Wildman–Crippen MR) is 102 cm³/mol. The summed E-state index contributed by atoms with van der Waals surface area (Å²) >= 11 is 0. The second-order valence-electron chi connectivity index (χ2n) is 6.73. The minimum atomic E-state index is -4.74. The maximum absolute atomic E-state index is 14.9. The van der Waals surface area contributed by atoms with Crippen LogP contribution in [0.25, 0.3) is 11.3 Å². The lowest BCUT2D eigenvalue weighted by molar-refractivity contribution is -0.153. The largest absolute Gasteiger partial charge is 0.484 e. The normalized spacial score (nSPS) is 14.8. The van der Waals surface area contributed by atoms with Gasteiger partial charge in [-0.1, -0.05) is 36.9 Å². The molecule has 0 amide bonds. The van der Waals surface area contributed by atoms with Crippen LogP contribution in [0.15, 0.2) is 66.6 Å². The molecule has 0 aliphatic carbocycles. The highest BCUT2D eigenvalue weighted by molar-refractivity contribution is 5.97. The molecular weight excluding hydrogens is 446 g/mol. The first-order valence-corrected chi connectivity index (χ1v) is 9.08. The molecular formula is C22H15F8NO. The smallest absolute Gasteiger partial charge is 0.422 e. The minimum Gasteiger partial charge on any atom is -0.484 e. The van der Waals surface area contributed by atoms with E-state index in [1.165, 1.54) is 12.1 Å². The number of hydrogen-bond acceptors (Lipinski definition) is 2. The van der Waals surface area contributed by atoms with E-state index in [-0.39, 0.29) is 11.1 Å². The third-order valence-electron chi connectivity index (χ3n) is 4.46. The Balaban J connectivity index is 2.22. The number of hydrogen-bond donors (Lipinski definition) is 0. The molecule has 0 saturated carbocycles. The summed E-state index contributed by atoms with van der Waals surface area (Å²) in [6.07, 6.45) is -6.86. The molecule has 170 valence electrons. The summed E-state index contributed by atoms with van der Waals surface area (Å²) in [6, 6.07) is 8.67. The fraction of sp³-hybridized carbons (Fsp3) is 0.182. The molecule has 32 heavy (non-hydrogen) atoms. The van der Waals surface area contributed by atoms with Gasteiger partial charge in [0.1, 0.15) is 23.2 Å². The van der Waals surface area contributed by atoms with E-state index < -0.39 is 65.9 Å². The van der Waals surface area contributed by atoms with Gasteiger partial charge in [-0.15, -0.1) is 0 Å². The first kappa shape index (κ1) is 23.4. The van der Waals surface area contributed by atoms with Crippen LogP contribution in [-0.4, -0.2) is 30.7 Å². The van der Waals surface area contributed by atoms with Crippen molar-refractivity contribution < 1.29 is 39.9 Å². The molecule has 1 aliphatic rings. The molecule has 0 atom stereocenters. The molecule has 0 spiro atoms. The highest BCUT2D eigenvalue weighted by atomic mass is 19.4. The lowest BCUT2D eigenvalue weighted by Gasteiger charge is -2.34. The van der Waals surface area contributed by atoms with Gasteiger partial charge in [-0.2, -0.15) is 13.2 Å². The van der Waals surface area contributed by atoms with Crippen LogP contribution < -0.4 is 4.74 Å². The van der Waals surface area contributed by atoms with Crippen LogP contribution in [0.5, 0.6) is 5.75 Å². The summed E-state index contributed by atoms with van der Waals surface area (Å²) in [4.78, 5) is 0.639. The van der Waals surface area contributed by atoms with Gasteiger partial charge in [0.05, 0.1) is 23.5 Å². The molecule has 1 aliphatic heterocycles. The zero-order chi connectivity index (χ0) is 23.6. The molecule has 2 aromatic carbocycles. The number of allylic oxidation sites excluding steroid dienone is 3. The van der Waals surface area contributed by atoms with E-state index in [1.54, 1.807) is 18.2 Å². The van der Waals surface area contributed by atoms with Crippen LogP contribution >= 0.6 is 0 Å². The van der Waals surface area contributed by atoms with E-state index in [2.05, 4.69) is 11.3 Å². The topological polar surface area (TPSA) is 12.5 Å². The lowest BCUT2D eigenvalue weighted by atomic mass is 9.93. The van der Waals surface area contributed by atoms with E-state index in [0.717, 1.165) is 6.08 Å². The predicted octanol–water partition coefficient (Wildman–Crippen LogP) is 6.72. The van der Waals surface area contributed by atoms with Gasteiger partial charge >= 0.3 is 6.18 Å². The Morgan fingerprint density at radius 3 is 2.09 bits per heavy atom. The summed E-state index contributed by atoms with van der Waals surface area (Å²) in [6.45, 7) is 0.473. The highest BCUT2D eigenvalue weighted by Gasteiger charge is 2.33. The van der Waals surface area contributed by atoms with Crippen LogP contribution in [0.2, 0.25) is 0 Å². The molecule has 0 N–H and O–H groups in total. The van der Waals surface area contributed by atoms with Crippen LogP contribution in [-0.2, 0) is 0 Å². The van der Waals surface area contributed by atoms with E-state index in [9.17, 15) is 35.1 Å². The molecule has 10 heteroatoms. The Morgan fingerprint density at radius 1 is 0.969 bits per heavy atom. The lowest BCUT2D eigenvalue weighted by Crippen LogP contribution is -2.30. The van der Waals surface area contributed by atoms with Gasteiger partial charge in [0.2, 0.25) is 0 Å². The van der Waals surface area contributed by atoms with Gasteiger partial charge in [-0.25, -0.2) is 22.0 Å². The summed E-state index contributed by atoms with van der Waals surface area (Å²) in [5, 5.41) is 0. The van der Waals surface area contributed by atoms with Crippen molar-refractivity contribution in [2.45, 2.75) is 12.6 Å². The van der Waals surface area contributed by atoms with Gasteiger partial charge in [-0.3, -0.25) is 0 Å². The average Bonchev–Trinajstić information content (AvgIpc) is 2.70. The van der Waals surface area contributed by atoms with Gasteiger partial charge < -0.3 is 9.64 Å². The Hall–Kier alpha value is -3.30. The van der Waals surface area contributed by atoms with Crippen molar-refractivity contribution in [3.05, 3.63) is 89.4 Å². The molecule has 0 saturated heterocycles. The van der Waals surface area contributed by atoms with Crippen molar-refractivity contribution in [3.8, 4) is 5.75 Å². The summed E-state index contributed by atoms with van der Waals surface area (Å²) in [7, 11) is 0. The van der Waals surface area contributed by atoms with Crippen LogP contribution in [0.1, 0.15) is 11.1 Å². The van der Waals surface area contributed by atoms with E-state index in [1.807, 2.05) is 0 Å². The number of ether oxygens (including phenoxy) is 1. The summed E-state index contributed by atoms with van der Waals surface area (Å²) in [5.41, 5.74) is -1.68. The van der Waals surface area contributed by atoms with Gasteiger partial charge in [0, 0.05) is 17.7 Å². The summed E-state index contributed by atoms with van der Waals surface area (Å²) in [5.74, 6) is -4.50. The van der Waals surface area contributed by atoms with Crippen LogP contribution in [0.4, 0.5) is 35.1 Å². The molecule has 0 bridgehead atoms. The van der Waals surface area contributed by atoms with E-state index >= 15 is 0 Å². The molecule has 2 nitrogen and oxygen atoms in total. The first-order chi connectivity index (χ1) is 15.0. The number of nitrogens with zero attached hydrogens (tertiary/aromatic N) is 1. The molecule has 3 rings (SSSR count). The van der Waals surface area contributed by atoms with Crippen LogP contribution in [0.3, 0.4) is 0 Å². The third kappa shape index (κ3) is 5.12. The molecule has 0 unspecified atom stereocenters. The number of benzene rings is 2. The fourth-order valence-electron chi connectivity index (χ4n) is 3.16. The minimum absolute atomic E-state index is 0.113. The van der Waals surface area contributed by atoms with Gasteiger partial charge in [0.25, 0.3) is 6.43 Å². The van der Waals surface area contributed by atoms with Crippen molar-refractivity contribution in [1.29, 1.82) is 0 Å². The SMILES string of the molecule is C=C1C(F)=CC(c2ccccc2)=C(c2c(F)cc(OCC(F)(F)F)cc2F)N1CC(F)F. The fourth-order valence-corrected chi connectivity index (χ4v) is 3.16. The van der Waals surface area contributed by atoms with Crippen molar-refractivity contribution in [3.63, 3.8) is 0 Å². The van der Waals surface area contributed by atoms with E-state index in [0.29, 0.717) is 17.0 Å². The Morgan fingerprint density at radius 2 is 1.56 bits per heavy atom. The average molecular weight is 461 g/mol. The zero-order valence-electron chi connectivity index (χ0n) is 16.2. The molecule has 2 aromatic rings. The Labute approximate surface area is 177 Å². The second kappa shape index (κ2) is 9.05. The van der Waals surface area contributed by atoms with Crippen LogP contribution in [0, 0.1) is 11.6 Å².